The van der Waals surface area contributed by atoms with E-state index in [4.69, 9.17) is 4.74 Å². The van der Waals surface area contributed by atoms with Crippen LogP contribution in [0.4, 0.5) is 0 Å². The number of rotatable bonds is 0. The lowest BCUT2D eigenvalue weighted by atomic mass is 9.64. The van der Waals surface area contributed by atoms with Crippen LogP contribution in [0.2, 0.25) is 0 Å². The Hall–Kier alpha value is -1.13. The predicted octanol–water partition coefficient (Wildman–Crippen LogP) is 2.74. The number of hydrogen-bond donors (Lipinski definition) is 2. The molecule has 5 atom stereocenters. The van der Waals surface area contributed by atoms with Gasteiger partial charge >= 0.3 is 5.97 Å². The average Bonchev–Trinajstić information content (AvgIpc) is 2.65. The third-order valence-corrected chi connectivity index (χ3v) is 5.48. The summed E-state index contributed by atoms with van der Waals surface area (Å²) in [6.07, 6.45) is 9.60. The minimum absolute atomic E-state index is 0.115. The van der Waals surface area contributed by atoms with Crippen molar-refractivity contribution in [1.82, 2.24) is 0 Å². The van der Waals surface area contributed by atoms with Gasteiger partial charge in [-0.2, -0.15) is 0 Å². The van der Waals surface area contributed by atoms with Crippen LogP contribution in [-0.4, -0.2) is 34.5 Å². The molecule has 0 amide bonds. The first-order valence-electron chi connectivity index (χ1n) is 8.19. The Morgan fingerprint density at radius 2 is 2.00 bits per heavy atom. The summed E-state index contributed by atoms with van der Waals surface area (Å²) < 4.78 is 5.29. The zero-order valence-electron chi connectivity index (χ0n) is 13.8. The molecule has 2 aliphatic rings. The molecule has 1 heterocycles. The van der Waals surface area contributed by atoms with Gasteiger partial charge in [0.05, 0.1) is 18.3 Å². The molecule has 1 saturated carbocycles. The number of aliphatic hydroxyl groups is 2. The van der Waals surface area contributed by atoms with Crippen LogP contribution in [0.1, 0.15) is 52.9 Å². The molecule has 0 aromatic rings. The van der Waals surface area contributed by atoms with Crippen molar-refractivity contribution in [3.05, 3.63) is 24.3 Å². The van der Waals surface area contributed by atoms with E-state index in [0.717, 1.165) is 19.3 Å². The molecule has 0 unspecified atom stereocenters. The van der Waals surface area contributed by atoms with Gasteiger partial charge in [-0.25, -0.2) is 4.79 Å². The van der Waals surface area contributed by atoms with Gasteiger partial charge in [0, 0.05) is 11.5 Å². The van der Waals surface area contributed by atoms with E-state index in [1.165, 1.54) is 12.2 Å². The van der Waals surface area contributed by atoms with Gasteiger partial charge in [0.25, 0.3) is 0 Å². The van der Waals surface area contributed by atoms with E-state index in [1.54, 1.807) is 0 Å². The predicted molar refractivity (Wildman–Crippen MR) is 85.1 cm³/mol. The van der Waals surface area contributed by atoms with E-state index in [-0.39, 0.29) is 11.5 Å². The van der Waals surface area contributed by atoms with E-state index in [1.807, 2.05) is 13.8 Å². The molecule has 0 aromatic heterocycles. The van der Waals surface area contributed by atoms with Gasteiger partial charge < -0.3 is 14.9 Å². The normalized spacial score (nSPS) is 46.6. The summed E-state index contributed by atoms with van der Waals surface area (Å²) in [4.78, 5) is 11.8. The Morgan fingerprint density at radius 3 is 2.73 bits per heavy atom. The molecular weight excluding hydrogens is 280 g/mol. The van der Waals surface area contributed by atoms with Crippen molar-refractivity contribution >= 4 is 5.97 Å². The lowest BCUT2D eigenvalue weighted by Crippen LogP contribution is -2.40. The minimum Gasteiger partial charge on any atom is -0.460 e. The number of esters is 1. The van der Waals surface area contributed by atoms with Gasteiger partial charge in [-0.3, -0.25) is 0 Å². The average molecular weight is 308 g/mol. The fourth-order valence-electron chi connectivity index (χ4n) is 3.78. The Morgan fingerprint density at radius 1 is 1.27 bits per heavy atom. The van der Waals surface area contributed by atoms with Gasteiger partial charge in [0.1, 0.15) is 0 Å². The zero-order valence-corrected chi connectivity index (χ0v) is 13.8. The largest absolute Gasteiger partial charge is 0.460 e. The molecule has 4 nitrogen and oxygen atoms in total. The fraction of sp³-hybridized carbons (Fsp3) is 0.722. The topological polar surface area (TPSA) is 66.8 Å². The summed E-state index contributed by atoms with van der Waals surface area (Å²) in [5.41, 5.74) is -0.793. The number of carbonyl (C=O) groups is 1. The van der Waals surface area contributed by atoms with Gasteiger partial charge in [-0.15, -0.1) is 0 Å². The minimum atomic E-state index is -0.803. The first-order valence-corrected chi connectivity index (χ1v) is 8.19. The summed E-state index contributed by atoms with van der Waals surface area (Å²) in [7, 11) is 0. The van der Waals surface area contributed by atoms with E-state index < -0.39 is 23.6 Å². The molecule has 2 N–H and O–H groups in total. The van der Waals surface area contributed by atoms with Crippen LogP contribution in [0.15, 0.2) is 24.3 Å². The molecular formula is C18H28O4. The van der Waals surface area contributed by atoms with Gasteiger partial charge in [0.2, 0.25) is 0 Å². The van der Waals surface area contributed by atoms with Crippen LogP contribution in [0.5, 0.6) is 0 Å². The quantitative estimate of drug-likeness (QED) is 0.533. The monoisotopic (exact) mass is 308 g/mol. The molecule has 0 aromatic carbocycles. The molecule has 124 valence electrons. The number of carbonyl (C=O) groups excluding carboxylic acids is 1. The highest BCUT2D eigenvalue weighted by molar-refractivity contribution is 5.82. The summed E-state index contributed by atoms with van der Waals surface area (Å²) >= 11 is 0. The van der Waals surface area contributed by atoms with Crippen LogP contribution in [0.25, 0.3) is 0 Å². The van der Waals surface area contributed by atoms with Crippen LogP contribution in [0.3, 0.4) is 0 Å². The highest BCUT2D eigenvalue weighted by Gasteiger charge is 2.53. The maximum absolute atomic E-state index is 11.8. The molecule has 4 heteroatoms. The third kappa shape index (κ3) is 3.44. The molecule has 0 radical (unpaired) electrons. The molecule has 2 rings (SSSR count). The van der Waals surface area contributed by atoms with E-state index in [0.29, 0.717) is 12.8 Å². The second-order valence-electron chi connectivity index (χ2n) is 7.28. The second kappa shape index (κ2) is 6.55. The fourth-order valence-corrected chi connectivity index (χ4v) is 3.78. The summed E-state index contributed by atoms with van der Waals surface area (Å²) in [6.45, 7) is 5.95. The van der Waals surface area contributed by atoms with Gasteiger partial charge in [-0.1, -0.05) is 26.0 Å². The Bertz CT molecular complexity index is 470. The highest BCUT2D eigenvalue weighted by Crippen LogP contribution is 2.56. The maximum Gasteiger partial charge on any atom is 0.330 e. The van der Waals surface area contributed by atoms with E-state index >= 15 is 0 Å². The van der Waals surface area contributed by atoms with E-state index in [2.05, 4.69) is 19.1 Å². The molecule has 1 fully saturated rings. The number of fused-ring (bicyclic) bond motifs is 1. The highest BCUT2D eigenvalue weighted by atomic mass is 16.5. The summed E-state index contributed by atoms with van der Waals surface area (Å²) in [5.74, 6) is -0.414. The number of cyclic esters (lactones) is 1. The summed E-state index contributed by atoms with van der Waals surface area (Å²) in [6, 6.07) is 0. The maximum atomic E-state index is 11.8. The van der Waals surface area contributed by atoms with Crippen molar-refractivity contribution in [2.75, 3.05) is 0 Å². The smallest absolute Gasteiger partial charge is 0.330 e. The van der Waals surface area contributed by atoms with Crippen molar-refractivity contribution in [2.24, 2.45) is 10.8 Å². The van der Waals surface area contributed by atoms with E-state index in [9.17, 15) is 15.0 Å². The van der Waals surface area contributed by atoms with Crippen LogP contribution >= 0.6 is 0 Å². The SMILES string of the molecule is C[C@H]1CCC/C=C/[C@]2(C)C[C@H](O)C[C@@]2(C)[C@H](O)/C=C/C(=O)O1. The van der Waals surface area contributed by atoms with Crippen LogP contribution in [-0.2, 0) is 9.53 Å². The zero-order chi connectivity index (χ0) is 16.4. The van der Waals surface area contributed by atoms with Crippen LogP contribution in [0, 0.1) is 10.8 Å². The first-order chi connectivity index (χ1) is 10.3. The lowest BCUT2D eigenvalue weighted by molar-refractivity contribution is -0.142. The van der Waals surface area contributed by atoms with Gasteiger partial charge in [0.15, 0.2) is 0 Å². The molecule has 0 saturated heterocycles. The Labute approximate surface area is 132 Å². The van der Waals surface area contributed by atoms with Crippen molar-refractivity contribution in [3.8, 4) is 0 Å². The molecule has 1 aliphatic carbocycles. The standard InChI is InChI=1S/C18H28O4/c1-13-7-5-4-6-10-17(2)11-14(19)12-18(17,3)15(20)8-9-16(21)22-13/h6,8-10,13-15,19-20H,4-5,7,11-12H2,1-3H3/b9-8+,10-6+/t13-,14-,15+,17+,18-/m0/s1. The van der Waals surface area contributed by atoms with Gasteiger partial charge in [-0.05, 0) is 50.5 Å². The molecule has 0 bridgehead atoms. The lowest BCUT2D eigenvalue weighted by Gasteiger charge is -2.41. The third-order valence-electron chi connectivity index (χ3n) is 5.48. The van der Waals surface area contributed by atoms with Crippen molar-refractivity contribution in [1.29, 1.82) is 0 Å². The van der Waals surface area contributed by atoms with Crippen molar-refractivity contribution in [2.45, 2.75) is 71.2 Å². The Kier molecular flexibility index (Phi) is 5.13. The molecule has 0 spiro atoms. The Balaban J connectivity index is 2.31. The van der Waals surface area contributed by atoms with Crippen molar-refractivity contribution in [3.63, 3.8) is 0 Å². The number of allylic oxidation sites excluding steroid dienone is 2. The van der Waals surface area contributed by atoms with Crippen LogP contribution < -0.4 is 0 Å². The molecule has 1 aliphatic heterocycles. The number of hydrogen-bond acceptors (Lipinski definition) is 4. The number of aliphatic hydroxyl groups excluding tert-OH is 2. The van der Waals surface area contributed by atoms with Crippen molar-refractivity contribution < 1.29 is 19.7 Å². The molecule has 22 heavy (non-hydrogen) atoms. The number of ether oxygens (including phenoxy) is 1. The second-order valence-corrected chi connectivity index (χ2v) is 7.28. The summed E-state index contributed by atoms with van der Waals surface area (Å²) in [5, 5.41) is 20.7. The first kappa shape index (κ1) is 17.2.